The molecule has 1 rings (SSSR count). The summed E-state index contributed by atoms with van der Waals surface area (Å²) in [6.45, 7) is 4.42. The van der Waals surface area contributed by atoms with E-state index in [0.29, 0.717) is 0 Å². The summed E-state index contributed by atoms with van der Waals surface area (Å²) in [5, 5.41) is 0. The van der Waals surface area contributed by atoms with Crippen molar-refractivity contribution >= 4 is 0 Å². The van der Waals surface area contributed by atoms with Crippen molar-refractivity contribution < 1.29 is 0 Å². The van der Waals surface area contributed by atoms with Crippen LogP contribution in [0, 0.1) is 11.8 Å². The van der Waals surface area contributed by atoms with E-state index < -0.39 is 0 Å². The Morgan fingerprint density at radius 2 is 1.76 bits per heavy atom. The van der Waals surface area contributed by atoms with Gasteiger partial charge in [0, 0.05) is 12.8 Å². The van der Waals surface area contributed by atoms with Crippen molar-refractivity contribution in [3.05, 3.63) is 35.4 Å². The zero-order valence-corrected chi connectivity index (χ0v) is 11.3. The fourth-order valence-electron chi connectivity index (χ4n) is 1.85. The number of rotatable bonds is 6. The molecule has 0 heteroatoms. The molecule has 17 heavy (non-hydrogen) atoms. The number of unbranched alkanes of at least 4 members (excludes halogenated alkanes) is 3. The van der Waals surface area contributed by atoms with Crippen LogP contribution >= 0.6 is 0 Å². The van der Waals surface area contributed by atoms with Gasteiger partial charge in [-0.2, -0.15) is 0 Å². The highest BCUT2D eigenvalue weighted by Gasteiger charge is 1.95. The number of hydrogen-bond acceptors (Lipinski definition) is 0. The summed E-state index contributed by atoms with van der Waals surface area (Å²) in [6, 6.07) is 8.90. The van der Waals surface area contributed by atoms with Crippen molar-refractivity contribution in [2.75, 3.05) is 0 Å². The molecule has 0 fully saturated rings. The zero-order chi connectivity index (χ0) is 12.3. The maximum absolute atomic E-state index is 3.25. The van der Waals surface area contributed by atoms with Crippen LogP contribution in [0.3, 0.4) is 0 Å². The van der Waals surface area contributed by atoms with E-state index in [1.165, 1.54) is 36.8 Å². The molecule has 92 valence electrons. The van der Waals surface area contributed by atoms with Crippen LogP contribution in [0.4, 0.5) is 0 Å². The van der Waals surface area contributed by atoms with Gasteiger partial charge in [-0.1, -0.05) is 56.9 Å². The lowest BCUT2D eigenvalue weighted by molar-refractivity contribution is 0.717. The molecule has 0 radical (unpaired) electrons. The van der Waals surface area contributed by atoms with Crippen LogP contribution in [-0.4, -0.2) is 0 Å². The van der Waals surface area contributed by atoms with Gasteiger partial charge in [0.15, 0.2) is 0 Å². The van der Waals surface area contributed by atoms with Gasteiger partial charge in [0.1, 0.15) is 0 Å². The van der Waals surface area contributed by atoms with E-state index in [1.807, 2.05) is 0 Å². The SMILES string of the molecule is CCCC#CCc1cccc(CCCCC)c1. The molecule has 0 nitrogen and oxygen atoms in total. The van der Waals surface area contributed by atoms with Gasteiger partial charge in [-0.25, -0.2) is 0 Å². The molecule has 0 heterocycles. The maximum Gasteiger partial charge on any atom is 0.0340 e. The van der Waals surface area contributed by atoms with E-state index >= 15 is 0 Å². The van der Waals surface area contributed by atoms with Gasteiger partial charge in [-0.3, -0.25) is 0 Å². The third kappa shape index (κ3) is 6.17. The number of hydrogen-bond donors (Lipinski definition) is 0. The summed E-state index contributed by atoms with van der Waals surface area (Å²) in [5.74, 6) is 6.45. The van der Waals surface area contributed by atoms with Crippen LogP contribution in [0.1, 0.15) is 57.1 Å². The van der Waals surface area contributed by atoms with Crippen molar-refractivity contribution in [3.8, 4) is 11.8 Å². The molecule has 0 aliphatic rings. The van der Waals surface area contributed by atoms with Crippen molar-refractivity contribution in [1.82, 2.24) is 0 Å². The summed E-state index contributed by atoms with van der Waals surface area (Å²) in [4.78, 5) is 0. The second-order valence-corrected chi connectivity index (χ2v) is 4.56. The molecule has 0 saturated carbocycles. The first-order valence-corrected chi connectivity index (χ1v) is 6.90. The Bertz CT molecular complexity index is 365. The Morgan fingerprint density at radius 1 is 0.941 bits per heavy atom. The van der Waals surface area contributed by atoms with Gasteiger partial charge in [0.25, 0.3) is 0 Å². The van der Waals surface area contributed by atoms with Gasteiger partial charge >= 0.3 is 0 Å². The molecule has 0 bridgehead atoms. The summed E-state index contributed by atoms with van der Waals surface area (Å²) < 4.78 is 0. The van der Waals surface area contributed by atoms with Crippen LogP contribution in [0.15, 0.2) is 24.3 Å². The van der Waals surface area contributed by atoms with Crippen LogP contribution in [0.5, 0.6) is 0 Å². The average molecular weight is 228 g/mol. The lowest BCUT2D eigenvalue weighted by Crippen LogP contribution is -1.88. The first-order valence-electron chi connectivity index (χ1n) is 6.90. The third-order valence-corrected chi connectivity index (χ3v) is 2.85. The van der Waals surface area contributed by atoms with Crippen molar-refractivity contribution in [2.45, 2.75) is 58.8 Å². The van der Waals surface area contributed by atoms with Crippen LogP contribution in [-0.2, 0) is 12.8 Å². The smallest absolute Gasteiger partial charge is 0.0340 e. The predicted octanol–water partition coefficient (Wildman–Crippen LogP) is 4.77. The quantitative estimate of drug-likeness (QED) is 0.486. The lowest BCUT2D eigenvalue weighted by Gasteiger charge is -2.02. The minimum Gasteiger partial charge on any atom is -0.103 e. The van der Waals surface area contributed by atoms with Crippen molar-refractivity contribution in [2.24, 2.45) is 0 Å². The van der Waals surface area contributed by atoms with E-state index in [9.17, 15) is 0 Å². The highest BCUT2D eigenvalue weighted by molar-refractivity contribution is 5.27. The average Bonchev–Trinajstić information content (AvgIpc) is 2.36. The second kappa shape index (κ2) is 8.88. The van der Waals surface area contributed by atoms with Gasteiger partial charge < -0.3 is 0 Å². The van der Waals surface area contributed by atoms with E-state index in [-0.39, 0.29) is 0 Å². The van der Waals surface area contributed by atoms with E-state index in [2.05, 4.69) is 50.0 Å². The minimum absolute atomic E-state index is 0.904. The monoisotopic (exact) mass is 228 g/mol. The topological polar surface area (TPSA) is 0 Å². The van der Waals surface area contributed by atoms with E-state index in [0.717, 1.165) is 19.3 Å². The molecule has 0 N–H and O–H groups in total. The standard InChI is InChI=1S/C17H24/c1-3-5-7-9-12-17-14-10-13-16(15-17)11-8-6-4-2/h10,13-15H,3-6,8,11-12H2,1-2H3. The Balaban J connectivity index is 2.45. The summed E-state index contributed by atoms with van der Waals surface area (Å²) in [5.41, 5.74) is 2.83. The molecular weight excluding hydrogens is 204 g/mol. The fourth-order valence-corrected chi connectivity index (χ4v) is 1.85. The van der Waals surface area contributed by atoms with Crippen LogP contribution in [0.2, 0.25) is 0 Å². The highest BCUT2D eigenvalue weighted by Crippen LogP contribution is 2.10. The highest BCUT2D eigenvalue weighted by atomic mass is 14.0. The first-order chi connectivity index (χ1) is 8.36. The maximum atomic E-state index is 3.25. The molecule has 1 aromatic rings. The molecule has 0 unspecified atom stereocenters. The van der Waals surface area contributed by atoms with Crippen molar-refractivity contribution in [1.29, 1.82) is 0 Å². The molecule has 0 amide bonds. The minimum atomic E-state index is 0.904. The molecule has 1 aromatic carbocycles. The van der Waals surface area contributed by atoms with Gasteiger partial charge in [-0.15, -0.1) is 5.92 Å². The molecule has 0 atom stereocenters. The Kier molecular flexibility index (Phi) is 7.23. The molecule has 0 aromatic heterocycles. The van der Waals surface area contributed by atoms with Crippen LogP contribution in [0.25, 0.3) is 0 Å². The third-order valence-electron chi connectivity index (χ3n) is 2.85. The Hall–Kier alpha value is -1.22. The van der Waals surface area contributed by atoms with Gasteiger partial charge in [0.2, 0.25) is 0 Å². The van der Waals surface area contributed by atoms with Crippen LogP contribution < -0.4 is 0 Å². The molecule has 0 aliphatic heterocycles. The first kappa shape index (κ1) is 13.8. The molecule has 0 spiro atoms. The lowest BCUT2D eigenvalue weighted by atomic mass is 10.0. The normalized spacial score (nSPS) is 9.76. The summed E-state index contributed by atoms with van der Waals surface area (Å²) in [7, 11) is 0. The van der Waals surface area contributed by atoms with Gasteiger partial charge in [-0.05, 0) is 30.4 Å². The Labute approximate surface area is 106 Å². The van der Waals surface area contributed by atoms with Gasteiger partial charge in [0.05, 0.1) is 0 Å². The molecular formula is C17H24. The predicted molar refractivity (Wildman–Crippen MR) is 76.1 cm³/mol. The second-order valence-electron chi connectivity index (χ2n) is 4.56. The fraction of sp³-hybridized carbons (Fsp3) is 0.529. The summed E-state index contributed by atoms with van der Waals surface area (Å²) in [6.07, 6.45) is 8.23. The largest absolute Gasteiger partial charge is 0.103 e. The molecule has 0 saturated heterocycles. The molecule has 0 aliphatic carbocycles. The summed E-state index contributed by atoms with van der Waals surface area (Å²) >= 11 is 0. The Morgan fingerprint density at radius 3 is 2.53 bits per heavy atom. The van der Waals surface area contributed by atoms with E-state index in [1.54, 1.807) is 0 Å². The van der Waals surface area contributed by atoms with Crippen molar-refractivity contribution in [3.63, 3.8) is 0 Å². The number of benzene rings is 1. The van der Waals surface area contributed by atoms with E-state index in [4.69, 9.17) is 0 Å². The zero-order valence-electron chi connectivity index (χ0n) is 11.3. The number of aryl methyl sites for hydroxylation is 1.